The Labute approximate surface area is 235 Å². The molecule has 0 fully saturated rings. The van der Waals surface area contributed by atoms with Crippen molar-refractivity contribution in [3.8, 4) is 33.9 Å². The fraction of sp³-hybridized carbons (Fsp3) is 0.108. The van der Waals surface area contributed by atoms with Gasteiger partial charge >= 0.3 is 0 Å². The third-order valence-electron chi connectivity index (χ3n) is 7.66. The standard InChI is InChI=1S/C37H31N3/c1-37(2,3)34-35(26-14-6-4-7-15-26)38-40(36(34)27-16-8-5-9-17-27)29-24-22-28(23-25-29)39-32-20-12-10-18-30(32)31-19-11-13-21-33(31)39/h4-25H,1-3H3. The molecule has 3 nitrogen and oxygen atoms in total. The maximum Gasteiger partial charge on any atom is 0.0971 e. The quantitative estimate of drug-likeness (QED) is 0.228. The maximum atomic E-state index is 5.30. The number of hydrogen-bond acceptors (Lipinski definition) is 1. The van der Waals surface area contributed by atoms with Crippen LogP contribution in [0, 0.1) is 0 Å². The summed E-state index contributed by atoms with van der Waals surface area (Å²) in [7, 11) is 0. The van der Waals surface area contributed by atoms with Gasteiger partial charge in [0.1, 0.15) is 0 Å². The third kappa shape index (κ3) is 3.94. The van der Waals surface area contributed by atoms with Crippen LogP contribution in [0.1, 0.15) is 26.3 Å². The van der Waals surface area contributed by atoms with E-state index in [0.717, 1.165) is 33.9 Å². The highest BCUT2D eigenvalue weighted by Crippen LogP contribution is 2.41. The van der Waals surface area contributed by atoms with E-state index in [1.807, 2.05) is 0 Å². The average Bonchev–Trinajstić information content (AvgIpc) is 3.56. The highest BCUT2D eigenvalue weighted by atomic mass is 15.3. The van der Waals surface area contributed by atoms with E-state index in [1.165, 1.54) is 27.4 Å². The highest BCUT2D eigenvalue weighted by Gasteiger charge is 2.29. The predicted molar refractivity (Wildman–Crippen MR) is 167 cm³/mol. The summed E-state index contributed by atoms with van der Waals surface area (Å²) in [6, 6.07) is 47.3. The largest absolute Gasteiger partial charge is 0.309 e. The van der Waals surface area contributed by atoms with Crippen LogP contribution in [0.5, 0.6) is 0 Å². The van der Waals surface area contributed by atoms with E-state index >= 15 is 0 Å². The zero-order valence-electron chi connectivity index (χ0n) is 23.0. The topological polar surface area (TPSA) is 22.8 Å². The molecule has 0 amide bonds. The summed E-state index contributed by atoms with van der Waals surface area (Å²) in [5.41, 5.74) is 10.2. The van der Waals surface area contributed by atoms with Gasteiger partial charge in [0.05, 0.1) is 28.1 Å². The molecule has 0 aliphatic heterocycles. The van der Waals surface area contributed by atoms with Gasteiger partial charge in [-0.15, -0.1) is 0 Å². The number of aromatic nitrogens is 3. The van der Waals surface area contributed by atoms with E-state index < -0.39 is 0 Å². The van der Waals surface area contributed by atoms with E-state index in [1.54, 1.807) is 0 Å². The Morgan fingerprint density at radius 2 is 0.975 bits per heavy atom. The summed E-state index contributed by atoms with van der Waals surface area (Å²) in [6.45, 7) is 6.83. The molecule has 0 atom stereocenters. The fourth-order valence-corrected chi connectivity index (χ4v) is 5.92. The minimum absolute atomic E-state index is 0.114. The van der Waals surface area contributed by atoms with E-state index in [-0.39, 0.29) is 5.41 Å². The van der Waals surface area contributed by atoms with Crippen molar-refractivity contribution in [1.29, 1.82) is 0 Å². The van der Waals surface area contributed by atoms with Crippen LogP contribution in [0.3, 0.4) is 0 Å². The van der Waals surface area contributed by atoms with Gasteiger partial charge in [-0.05, 0) is 41.8 Å². The molecule has 2 heterocycles. The first-order chi connectivity index (χ1) is 19.5. The zero-order chi connectivity index (χ0) is 27.3. The Morgan fingerprint density at radius 1 is 0.500 bits per heavy atom. The molecule has 2 aromatic heterocycles. The Balaban J connectivity index is 1.45. The second-order valence-electron chi connectivity index (χ2n) is 11.4. The number of hydrogen-bond donors (Lipinski definition) is 0. The minimum atomic E-state index is -0.114. The summed E-state index contributed by atoms with van der Waals surface area (Å²) in [4.78, 5) is 0. The number of para-hydroxylation sites is 2. The molecule has 0 bridgehead atoms. The average molecular weight is 518 g/mol. The second kappa shape index (κ2) is 9.39. The molecular formula is C37H31N3. The molecule has 0 saturated heterocycles. The summed E-state index contributed by atoms with van der Waals surface area (Å²) >= 11 is 0. The van der Waals surface area contributed by atoms with Crippen molar-refractivity contribution in [1.82, 2.24) is 14.3 Å². The van der Waals surface area contributed by atoms with Crippen LogP contribution in [0.15, 0.2) is 133 Å². The molecule has 3 heteroatoms. The lowest BCUT2D eigenvalue weighted by atomic mass is 9.82. The molecular weight excluding hydrogens is 486 g/mol. The van der Waals surface area contributed by atoms with Crippen LogP contribution < -0.4 is 0 Å². The molecule has 7 aromatic rings. The molecule has 5 aromatic carbocycles. The monoisotopic (exact) mass is 517 g/mol. The Kier molecular flexibility index (Phi) is 5.67. The van der Waals surface area contributed by atoms with E-state index in [2.05, 4.69) is 163 Å². The van der Waals surface area contributed by atoms with Crippen LogP contribution in [0.2, 0.25) is 0 Å². The molecule has 0 aliphatic carbocycles. The first kappa shape index (κ1) is 24.2. The van der Waals surface area contributed by atoms with Crippen LogP contribution in [-0.2, 0) is 5.41 Å². The summed E-state index contributed by atoms with van der Waals surface area (Å²) in [6.07, 6.45) is 0. The fourth-order valence-electron chi connectivity index (χ4n) is 5.92. The van der Waals surface area contributed by atoms with Gasteiger partial charge in [0.15, 0.2) is 0 Å². The maximum absolute atomic E-state index is 5.30. The van der Waals surface area contributed by atoms with Gasteiger partial charge in [0, 0.05) is 33.2 Å². The lowest BCUT2D eigenvalue weighted by Gasteiger charge is -2.22. The molecule has 7 rings (SSSR count). The minimum Gasteiger partial charge on any atom is -0.309 e. The van der Waals surface area contributed by atoms with Crippen LogP contribution in [0.25, 0.3) is 55.7 Å². The first-order valence-corrected chi connectivity index (χ1v) is 13.8. The van der Waals surface area contributed by atoms with Crippen molar-refractivity contribution in [2.45, 2.75) is 26.2 Å². The lowest BCUT2D eigenvalue weighted by Crippen LogP contribution is -2.13. The third-order valence-corrected chi connectivity index (χ3v) is 7.66. The Hall–Kier alpha value is -4.89. The van der Waals surface area contributed by atoms with Crippen LogP contribution in [0.4, 0.5) is 0 Å². The van der Waals surface area contributed by atoms with Gasteiger partial charge in [0.2, 0.25) is 0 Å². The Bertz CT molecular complexity index is 1900. The molecule has 40 heavy (non-hydrogen) atoms. The van der Waals surface area contributed by atoms with Crippen molar-refractivity contribution in [2.75, 3.05) is 0 Å². The molecule has 0 aliphatic rings. The van der Waals surface area contributed by atoms with Crippen LogP contribution >= 0.6 is 0 Å². The van der Waals surface area contributed by atoms with Gasteiger partial charge < -0.3 is 4.57 Å². The molecule has 0 radical (unpaired) electrons. The van der Waals surface area contributed by atoms with Crippen molar-refractivity contribution >= 4 is 21.8 Å². The number of nitrogens with zero attached hydrogens (tertiary/aromatic N) is 3. The summed E-state index contributed by atoms with van der Waals surface area (Å²) in [5.74, 6) is 0. The van der Waals surface area contributed by atoms with E-state index in [4.69, 9.17) is 5.10 Å². The normalized spacial score (nSPS) is 11.9. The number of fused-ring (bicyclic) bond motifs is 3. The van der Waals surface area contributed by atoms with Crippen molar-refractivity contribution < 1.29 is 0 Å². The number of rotatable bonds is 4. The molecule has 0 saturated carbocycles. The van der Waals surface area contributed by atoms with Gasteiger partial charge in [-0.1, -0.05) is 118 Å². The SMILES string of the molecule is CC(C)(C)c1c(-c2ccccc2)nn(-c2ccc(-n3c4ccccc4c4ccccc43)cc2)c1-c1ccccc1. The molecule has 0 N–H and O–H groups in total. The summed E-state index contributed by atoms with van der Waals surface area (Å²) < 4.78 is 4.49. The van der Waals surface area contributed by atoms with Crippen molar-refractivity contribution in [2.24, 2.45) is 0 Å². The van der Waals surface area contributed by atoms with Crippen LogP contribution in [-0.4, -0.2) is 14.3 Å². The summed E-state index contributed by atoms with van der Waals surface area (Å²) in [5, 5.41) is 7.83. The van der Waals surface area contributed by atoms with Crippen molar-refractivity contribution in [3.05, 3.63) is 139 Å². The van der Waals surface area contributed by atoms with E-state index in [0.29, 0.717) is 0 Å². The zero-order valence-corrected chi connectivity index (χ0v) is 23.0. The van der Waals surface area contributed by atoms with Gasteiger partial charge in [-0.3, -0.25) is 0 Å². The van der Waals surface area contributed by atoms with Gasteiger partial charge in [-0.2, -0.15) is 5.10 Å². The van der Waals surface area contributed by atoms with Gasteiger partial charge in [-0.25, -0.2) is 4.68 Å². The highest BCUT2D eigenvalue weighted by molar-refractivity contribution is 6.09. The van der Waals surface area contributed by atoms with E-state index in [9.17, 15) is 0 Å². The smallest absolute Gasteiger partial charge is 0.0971 e. The lowest BCUT2D eigenvalue weighted by molar-refractivity contribution is 0.593. The van der Waals surface area contributed by atoms with Crippen molar-refractivity contribution in [3.63, 3.8) is 0 Å². The van der Waals surface area contributed by atoms with Gasteiger partial charge in [0.25, 0.3) is 0 Å². The second-order valence-corrected chi connectivity index (χ2v) is 11.4. The first-order valence-electron chi connectivity index (χ1n) is 13.8. The number of benzene rings is 5. The molecule has 194 valence electrons. The molecule has 0 spiro atoms. The predicted octanol–water partition coefficient (Wildman–Crippen LogP) is 9.60. The molecule has 0 unspecified atom stereocenters. The Morgan fingerprint density at radius 3 is 1.52 bits per heavy atom.